The summed E-state index contributed by atoms with van der Waals surface area (Å²) >= 11 is 1.05. The number of ketones is 2. The molecular formula is C30H34F2O4S. The monoisotopic (exact) mass is 528 g/mol. The van der Waals surface area contributed by atoms with Crippen molar-refractivity contribution < 1.29 is 28.3 Å². The van der Waals surface area contributed by atoms with E-state index in [1.165, 1.54) is 24.3 Å². The van der Waals surface area contributed by atoms with E-state index in [2.05, 4.69) is 13.2 Å². The molecule has 3 fully saturated rings. The van der Waals surface area contributed by atoms with Crippen LogP contribution in [0.4, 0.5) is 8.78 Å². The SMILES string of the molecule is C=CC1=C(C=C)C(=O)C(SC(=O)C2CCC3C4C[C@H](F)C5=CC(=O)C=CC5(C)[C@@]4(F)C(O)CC23C)CC1. The van der Waals surface area contributed by atoms with Crippen molar-refractivity contribution in [1.29, 1.82) is 0 Å². The molecule has 0 radical (unpaired) electrons. The number of aliphatic hydroxyl groups is 1. The maximum Gasteiger partial charge on any atom is 0.193 e. The zero-order valence-electron chi connectivity index (χ0n) is 21.3. The van der Waals surface area contributed by atoms with Gasteiger partial charge in [-0.3, -0.25) is 14.4 Å². The number of carbonyl (C=O) groups excluding carboxylic acids is 3. The van der Waals surface area contributed by atoms with Crippen LogP contribution in [0.5, 0.6) is 0 Å². The molecule has 0 aliphatic heterocycles. The van der Waals surface area contributed by atoms with Crippen LogP contribution < -0.4 is 0 Å². The molecule has 0 aromatic carbocycles. The van der Waals surface area contributed by atoms with Crippen molar-refractivity contribution in [3.05, 3.63) is 60.3 Å². The molecule has 37 heavy (non-hydrogen) atoms. The summed E-state index contributed by atoms with van der Waals surface area (Å²) in [4.78, 5) is 38.7. The van der Waals surface area contributed by atoms with Crippen LogP contribution in [-0.4, -0.2) is 45.0 Å². The van der Waals surface area contributed by atoms with Crippen molar-refractivity contribution in [3.63, 3.8) is 0 Å². The van der Waals surface area contributed by atoms with Crippen LogP contribution >= 0.6 is 11.8 Å². The van der Waals surface area contributed by atoms with Crippen molar-refractivity contribution >= 4 is 28.4 Å². The minimum Gasteiger partial charge on any atom is -0.390 e. The van der Waals surface area contributed by atoms with Crippen molar-refractivity contribution in [2.75, 3.05) is 0 Å². The number of allylic oxidation sites excluding steroid dienone is 8. The van der Waals surface area contributed by atoms with Gasteiger partial charge in [0, 0.05) is 22.8 Å². The van der Waals surface area contributed by atoms with Gasteiger partial charge in [-0.05, 0) is 80.1 Å². The lowest BCUT2D eigenvalue weighted by atomic mass is 9.45. The molecule has 0 saturated heterocycles. The van der Waals surface area contributed by atoms with E-state index in [9.17, 15) is 19.5 Å². The van der Waals surface area contributed by atoms with Gasteiger partial charge in [0.25, 0.3) is 0 Å². The average Bonchev–Trinajstić information content (AvgIpc) is 3.19. The number of hydrogen-bond acceptors (Lipinski definition) is 5. The predicted octanol–water partition coefficient (Wildman–Crippen LogP) is 5.58. The Balaban J connectivity index is 1.42. The van der Waals surface area contributed by atoms with Crippen LogP contribution in [-0.2, 0) is 14.4 Å². The molecular weight excluding hydrogens is 494 g/mol. The minimum atomic E-state index is -2.14. The summed E-state index contributed by atoms with van der Waals surface area (Å²) in [7, 11) is 0. The average molecular weight is 529 g/mol. The Hall–Kier alpha value is -2.12. The van der Waals surface area contributed by atoms with Crippen LogP contribution in [0.2, 0.25) is 0 Å². The molecule has 0 aromatic heterocycles. The highest BCUT2D eigenvalue weighted by Gasteiger charge is 2.72. The minimum absolute atomic E-state index is 0.0697. The summed E-state index contributed by atoms with van der Waals surface area (Å²) in [6.07, 6.45) is 6.34. The summed E-state index contributed by atoms with van der Waals surface area (Å²) in [5.74, 6) is -2.04. The molecule has 7 unspecified atom stereocenters. The van der Waals surface area contributed by atoms with Crippen LogP contribution in [0.3, 0.4) is 0 Å². The molecule has 0 bridgehead atoms. The topological polar surface area (TPSA) is 71.4 Å². The zero-order chi connectivity index (χ0) is 26.9. The molecule has 5 aliphatic carbocycles. The normalized spacial score (nSPS) is 45.1. The van der Waals surface area contributed by atoms with Gasteiger partial charge < -0.3 is 5.11 Å². The van der Waals surface area contributed by atoms with Gasteiger partial charge in [0.2, 0.25) is 0 Å². The number of carbonyl (C=O) groups is 3. The highest BCUT2D eigenvalue weighted by atomic mass is 32.2. The Bertz CT molecular complexity index is 1190. The lowest BCUT2D eigenvalue weighted by Crippen LogP contribution is -2.68. The van der Waals surface area contributed by atoms with E-state index in [1.807, 2.05) is 6.92 Å². The fourth-order valence-electron chi connectivity index (χ4n) is 8.25. The highest BCUT2D eigenvalue weighted by molar-refractivity contribution is 8.14. The lowest BCUT2D eigenvalue weighted by Gasteiger charge is -2.62. The lowest BCUT2D eigenvalue weighted by molar-refractivity contribution is -0.201. The van der Waals surface area contributed by atoms with E-state index in [0.29, 0.717) is 31.3 Å². The van der Waals surface area contributed by atoms with Crippen molar-refractivity contribution in [2.24, 2.45) is 28.6 Å². The Labute approximate surface area is 221 Å². The van der Waals surface area contributed by atoms with Crippen LogP contribution in [0, 0.1) is 28.6 Å². The first-order valence-electron chi connectivity index (χ1n) is 13.1. The number of rotatable bonds is 4. The van der Waals surface area contributed by atoms with E-state index in [-0.39, 0.29) is 41.0 Å². The molecule has 3 saturated carbocycles. The van der Waals surface area contributed by atoms with Gasteiger partial charge in [0.05, 0.1) is 11.4 Å². The second-order valence-electron chi connectivity index (χ2n) is 11.8. The first-order chi connectivity index (χ1) is 17.4. The van der Waals surface area contributed by atoms with Gasteiger partial charge >= 0.3 is 0 Å². The summed E-state index contributed by atoms with van der Waals surface area (Å²) in [5, 5.41) is 10.7. The quantitative estimate of drug-likeness (QED) is 0.516. The summed E-state index contributed by atoms with van der Waals surface area (Å²) < 4.78 is 32.7. The van der Waals surface area contributed by atoms with E-state index in [0.717, 1.165) is 17.3 Å². The van der Waals surface area contributed by atoms with Gasteiger partial charge in [-0.15, -0.1) is 0 Å². The molecule has 5 aliphatic rings. The number of alkyl halides is 2. The third-order valence-corrected chi connectivity index (χ3v) is 11.4. The van der Waals surface area contributed by atoms with E-state index in [4.69, 9.17) is 0 Å². The second-order valence-corrected chi connectivity index (χ2v) is 13.0. The third-order valence-electron chi connectivity index (χ3n) is 10.2. The van der Waals surface area contributed by atoms with E-state index >= 15 is 8.78 Å². The largest absolute Gasteiger partial charge is 0.390 e. The number of Topliss-reactive ketones (excluding diaryl/α,β-unsaturated/α-hetero) is 1. The fraction of sp³-hybridized carbons (Fsp3) is 0.567. The van der Waals surface area contributed by atoms with Crippen molar-refractivity contribution in [1.82, 2.24) is 0 Å². The van der Waals surface area contributed by atoms with Crippen molar-refractivity contribution in [3.8, 4) is 0 Å². The van der Waals surface area contributed by atoms with Gasteiger partial charge in [0.1, 0.15) is 6.17 Å². The van der Waals surface area contributed by atoms with Gasteiger partial charge in [-0.25, -0.2) is 8.78 Å². The highest BCUT2D eigenvalue weighted by Crippen LogP contribution is 2.69. The third kappa shape index (κ3) is 3.59. The summed E-state index contributed by atoms with van der Waals surface area (Å²) in [6.45, 7) is 11.0. The Morgan fingerprint density at radius 3 is 2.57 bits per heavy atom. The Kier molecular flexibility index (Phi) is 6.43. The maximum absolute atomic E-state index is 17.2. The molecule has 198 valence electrons. The first-order valence-corrected chi connectivity index (χ1v) is 14.0. The number of hydrogen-bond donors (Lipinski definition) is 1. The maximum atomic E-state index is 17.2. The van der Waals surface area contributed by atoms with E-state index in [1.54, 1.807) is 13.0 Å². The van der Waals surface area contributed by atoms with Crippen LogP contribution in [0.15, 0.2) is 60.3 Å². The molecule has 4 nitrogen and oxygen atoms in total. The number of fused-ring (bicyclic) bond motifs is 5. The van der Waals surface area contributed by atoms with Gasteiger partial charge in [-0.2, -0.15) is 0 Å². The molecule has 0 amide bonds. The fourth-order valence-corrected chi connectivity index (χ4v) is 9.55. The smallest absolute Gasteiger partial charge is 0.193 e. The van der Waals surface area contributed by atoms with Gasteiger partial charge in [0.15, 0.2) is 22.4 Å². The molecule has 0 aromatic rings. The van der Waals surface area contributed by atoms with Gasteiger partial charge in [-0.1, -0.05) is 50.1 Å². The zero-order valence-corrected chi connectivity index (χ0v) is 22.2. The molecule has 1 N–H and O–H groups in total. The molecule has 0 heterocycles. The van der Waals surface area contributed by atoms with E-state index < -0.39 is 45.9 Å². The Morgan fingerprint density at radius 2 is 1.89 bits per heavy atom. The predicted molar refractivity (Wildman–Crippen MR) is 140 cm³/mol. The van der Waals surface area contributed by atoms with Crippen molar-refractivity contribution in [2.45, 2.75) is 75.6 Å². The second kappa shape index (κ2) is 8.98. The molecule has 5 rings (SSSR count). The number of thioether (sulfide) groups is 1. The first kappa shape index (κ1) is 26.5. The standard InChI is InChI=1S/C30H34F2O4S/c1-5-16-7-10-24(26(35)18(16)6-2)37-27(36)20-9-8-19-21-14-23(31)22-13-17(33)11-12-29(22,4)30(21,32)25(34)15-28(19,20)3/h5-6,11-13,19-21,23-25,34H,1-2,7-10,14-15H2,3-4H3/t19?,20?,21?,23-,24?,25?,28?,29?,30-/m0/s1. The van der Waals surface area contributed by atoms with Crippen LogP contribution in [0.25, 0.3) is 0 Å². The summed E-state index contributed by atoms with van der Waals surface area (Å²) in [5.41, 5.74) is -2.83. The number of aliphatic hydroxyl groups excluding tert-OH is 1. The summed E-state index contributed by atoms with van der Waals surface area (Å²) in [6, 6.07) is 0. The molecule has 9 atom stereocenters. The van der Waals surface area contributed by atoms with Crippen LogP contribution in [0.1, 0.15) is 52.4 Å². The molecule has 0 spiro atoms. The Morgan fingerprint density at radius 1 is 1.16 bits per heavy atom. The molecule has 7 heteroatoms. The number of halogens is 2.